The molecule has 0 saturated carbocycles. The number of piperidine rings is 1. The molecule has 2 N–H and O–H groups in total. The largest absolute Gasteiger partial charge is 0.351 e. The van der Waals surface area contributed by atoms with E-state index in [1.165, 1.54) is 6.33 Å². The Morgan fingerprint density at radius 3 is 2.75 bits per heavy atom. The monoisotopic (exact) mass is 377 g/mol. The van der Waals surface area contributed by atoms with Gasteiger partial charge >= 0.3 is 0 Å². The lowest BCUT2D eigenvalue weighted by Gasteiger charge is -2.31. The van der Waals surface area contributed by atoms with Crippen LogP contribution in [0.3, 0.4) is 0 Å². The molecule has 8 nitrogen and oxygen atoms in total. The number of rotatable bonds is 4. The zero-order chi connectivity index (χ0) is 19.5. The number of amides is 1. The third-order valence-electron chi connectivity index (χ3n) is 4.93. The van der Waals surface area contributed by atoms with Crippen LogP contribution in [0.1, 0.15) is 25.3 Å². The lowest BCUT2D eigenvalue weighted by Crippen LogP contribution is -2.41. The maximum absolute atomic E-state index is 11.5. The Morgan fingerprint density at radius 2 is 2.00 bits per heavy atom. The molecule has 28 heavy (non-hydrogen) atoms. The summed E-state index contributed by atoms with van der Waals surface area (Å²) < 4.78 is 0. The van der Waals surface area contributed by atoms with Crippen LogP contribution in [0.4, 0.5) is 17.5 Å². The molecule has 1 aliphatic rings. The second kappa shape index (κ2) is 7.75. The van der Waals surface area contributed by atoms with Crippen LogP contribution in [0.15, 0.2) is 36.8 Å². The molecule has 1 aliphatic heterocycles. The highest BCUT2D eigenvalue weighted by atomic mass is 16.2. The fraction of sp³-hybridized carbons (Fsp3) is 0.350. The van der Waals surface area contributed by atoms with Crippen molar-refractivity contribution in [2.75, 3.05) is 23.7 Å². The van der Waals surface area contributed by atoms with E-state index in [0.717, 1.165) is 37.2 Å². The van der Waals surface area contributed by atoms with E-state index >= 15 is 0 Å². The Bertz CT molecular complexity index is 999. The average Bonchev–Trinajstić information content (AvgIpc) is 2.69. The number of likely N-dealkylation sites (tertiary alicyclic amines) is 1. The van der Waals surface area contributed by atoms with E-state index in [0.29, 0.717) is 22.8 Å². The lowest BCUT2D eigenvalue weighted by molar-refractivity contribution is -0.129. The van der Waals surface area contributed by atoms with Gasteiger partial charge in [-0.2, -0.15) is 0 Å². The minimum absolute atomic E-state index is 0.129. The number of hydrogen-bond acceptors (Lipinski definition) is 7. The van der Waals surface area contributed by atoms with Crippen molar-refractivity contribution in [1.82, 2.24) is 24.8 Å². The van der Waals surface area contributed by atoms with Crippen LogP contribution >= 0.6 is 0 Å². The summed E-state index contributed by atoms with van der Waals surface area (Å²) in [5.74, 6) is 1.33. The first-order valence-electron chi connectivity index (χ1n) is 9.42. The van der Waals surface area contributed by atoms with Gasteiger partial charge in [-0.25, -0.2) is 19.9 Å². The van der Waals surface area contributed by atoms with Gasteiger partial charge < -0.3 is 15.5 Å². The van der Waals surface area contributed by atoms with Gasteiger partial charge in [0.15, 0.2) is 5.82 Å². The summed E-state index contributed by atoms with van der Waals surface area (Å²) in [5.41, 5.74) is 3.46. The molecule has 144 valence electrons. The summed E-state index contributed by atoms with van der Waals surface area (Å²) in [7, 11) is 0. The van der Waals surface area contributed by atoms with Crippen LogP contribution in [-0.2, 0) is 4.79 Å². The van der Waals surface area contributed by atoms with Crippen molar-refractivity contribution in [2.24, 2.45) is 0 Å². The van der Waals surface area contributed by atoms with E-state index in [9.17, 15) is 4.79 Å². The molecule has 0 radical (unpaired) electrons. The van der Waals surface area contributed by atoms with Crippen LogP contribution in [0, 0.1) is 6.92 Å². The Labute approximate surface area is 163 Å². The SMILES string of the molecule is CC(=O)N1CCC(Nc2ncc3ncnc(Nc4cccc(C)c4)c3n2)CC1. The van der Waals surface area contributed by atoms with Gasteiger partial charge in [-0.15, -0.1) is 0 Å². The molecular formula is C20H23N7O. The molecule has 2 aromatic heterocycles. The molecule has 3 aromatic rings. The first kappa shape index (κ1) is 18.1. The maximum atomic E-state index is 11.5. The van der Waals surface area contributed by atoms with Crippen LogP contribution in [-0.4, -0.2) is 49.9 Å². The fourth-order valence-corrected chi connectivity index (χ4v) is 3.40. The van der Waals surface area contributed by atoms with Gasteiger partial charge in [-0.05, 0) is 37.5 Å². The second-order valence-corrected chi connectivity index (χ2v) is 7.07. The predicted molar refractivity (Wildman–Crippen MR) is 108 cm³/mol. The van der Waals surface area contributed by atoms with Crippen LogP contribution < -0.4 is 10.6 Å². The fourth-order valence-electron chi connectivity index (χ4n) is 3.40. The number of carbonyl (C=O) groups is 1. The zero-order valence-corrected chi connectivity index (χ0v) is 16.0. The number of carbonyl (C=O) groups excluding carboxylic acids is 1. The molecule has 0 aliphatic carbocycles. The number of aryl methyl sites for hydroxylation is 1. The third kappa shape index (κ3) is 4.00. The minimum atomic E-state index is 0.129. The van der Waals surface area contributed by atoms with Crippen molar-refractivity contribution in [2.45, 2.75) is 32.7 Å². The predicted octanol–water partition coefficient (Wildman–Crippen LogP) is 2.89. The number of aromatic nitrogens is 4. The molecule has 0 bridgehead atoms. The highest BCUT2D eigenvalue weighted by Crippen LogP contribution is 2.23. The van der Waals surface area contributed by atoms with Gasteiger partial charge in [0, 0.05) is 31.7 Å². The number of hydrogen-bond donors (Lipinski definition) is 2. The molecule has 0 atom stereocenters. The first-order chi connectivity index (χ1) is 13.6. The van der Waals surface area contributed by atoms with Gasteiger partial charge in [0.25, 0.3) is 0 Å². The van der Waals surface area contributed by atoms with Crippen molar-refractivity contribution in [3.05, 3.63) is 42.4 Å². The number of anilines is 3. The number of fused-ring (bicyclic) bond motifs is 1. The molecule has 1 amide bonds. The Balaban J connectivity index is 1.54. The molecular weight excluding hydrogens is 354 g/mol. The third-order valence-corrected chi connectivity index (χ3v) is 4.93. The van der Waals surface area contributed by atoms with Crippen molar-refractivity contribution in [3.8, 4) is 0 Å². The number of nitrogens with zero attached hydrogens (tertiary/aromatic N) is 5. The molecule has 0 unspecified atom stereocenters. The summed E-state index contributed by atoms with van der Waals surface area (Å²) in [6.07, 6.45) is 4.97. The Kier molecular flexibility index (Phi) is 5.01. The number of benzene rings is 1. The summed E-state index contributed by atoms with van der Waals surface area (Å²) in [6.45, 7) is 5.17. The highest BCUT2D eigenvalue weighted by Gasteiger charge is 2.21. The van der Waals surface area contributed by atoms with Crippen LogP contribution in [0.25, 0.3) is 11.0 Å². The van der Waals surface area contributed by atoms with E-state index in [-0.39, 0.29) is 11.9 Å². The molecule has 1 saturated heterocycles. The highest BCUT2D eigenvalue weighted by molar-refractivity contribution is 5.87. The van der Waals surface area contributed by atoms with Crippen molar-refractivity contribution < 1.29 is 4.79 Å². The van der Waals surface area contributed by atoms with E-state index in [1.54, 1.807) is 13.1 Å². The maximum Gasteiger partial charge on any atom is 0.223 e. The molecule has 4 rings (SSSR count). The van der Waals surface area contributed by atoms with Gasteiger partial charge in [0.05, 0.1) is 6.20 Å². The Hall–Kier alpha value is -3.29. The average molecular weight is 377 g/mol. The van der Waals surface area contributed by atoms with Crippen LogP contribution in [0.2, 0.25) is 0 Å². The van der Waals surface area contributed by atoms with Crippen molar-refractivity contribution in [3.63, 3.8) is 0 Å². The number of nitrogens with one attached hydrogen (secondary N) is 2. The second-order valence-electron chi connectivity index (χ2n) is 7.07. The smallest absolute Gasteiger partial charge is 0.223 e. The van der Waals surface area contributed by atoms with E-state index in [2.05, 4.69) is 36.6 Å². The van der Waals surface area contributed by atoms with Gasteiger partial charge in [-0.3, -0.25) is 4.79 Å². The lowest BCUT2D eigenvalue weighted by atomic mass is 10.1. The zero-order valence-electron chi connectivity index (χ0n) is 16.0. The molecule has 0 spiro atoms. The molecule has 8 heteroatoms. The first-order valence-corrected chi connectivity index (χ1v) is 9.42. The van der Waals surface area contributed by atoms with Gasteiger partial charge in [0.2, 0.25) is 11.9 Å². The van der Waals surface area contributed by atoms with E-state index in [1.807, 2.05) is 30.0 Å². The van der Waals surface area contributed by atoms with Crippen molar-refractivity contribution >= 4 is 34.4 Å². The van der Waals surface area contributed by atoms with Crippen LogP contribution in [0.5, 0.6) is 0 Å². The van der Waals surface area contributed by atoms with Crippen molar-refractivity contribution in [1.29, 1.82) is 0 Å². The molecule has 3 heterocycles. The normalized spacial score (nSPS) is 14.9. The van der Waals surface area contributed by atoms with Gasteiger partial charge in [-0.1, -0.05) is 12.1 Å². The Morgan fingerprint density at radius 1 is 1.18 bits per heavy atom. The summed E-state index contributed by atoms with van der Waals surface area (Å²) in [6, 6.07) is 8.33. The standard InChI is InChI=1S/C20H23N7O/c1-13-4-3-5-16(10-13)24-19-18-17(22-12-23-19)11-21-20(26-18)25-15-6-8-27(9-7-15)14(2)28/h3-5,10-12,15H,6-9H2,1-2H3,(H,21,25,26)(H,22,23,24). The summed E-state index contributed by atoms with van der Waals surface area (Å²) in [5, 5.41) is 6.71. The van der Waals surface area contributed by atoms with Gasteiger partial charge in [0.1, 0.15) is 17.4 Å². The molecule has 1 aromatic carbocycles. The van der Waals surface area contributed by atoms with E-state index in [4.69, 9.17) is 0 Å². The van der Waals surface area contributed by atoms with E-state index < -0.39 is 0 Å². The topological polar surface area (TPSA) is 95.9 Å². The molecule has 1 fully saturated rings. The summed E-state index contributed by atoms with van der Waals surface area (Å²) >= 11 is 0. The minimum Gasteiger partial charge on any atom is -0.351 e. The quantitative estimate of drug-likeness (QED) is 0.722. The summed E-state index contributed by atoms with van der Waals surface area (Å²) in [4.78, 5) is 31.0.